The second-order valence-corrected chi connectivity index (χ2v) is 14.7. The summed E-state index contributed by atoms with van der Waals surface area (Å²) in [6.45, 7) is 14.0. The summed E-state index contributed by atoms with van der Waals surface area (Å²) in [7, 11) is 0. The van der Waals surface area contributed by atoms with Crippen molar-refractivity contribution in [1.82, 2.24) is 0 Å². The van der Waals surface area contributed by atoms with Crippen LogP contribution in [0.4, 0.5) is 11.4 Å². The molecule has 3 N–H and O–H groups in total. The third-order valence-corrected chi connectivity index (χ3v) is 12.6. The van der Waals surface area contributed by atoms with Crippen LogP contribution in [0.25, 0.3) is 0 Å². The Morgan fingerprint density at radius 2 is 1.67 bits per heavy atom. The van der Waals surface area contributed by atoms with Crippen molar-refractivity contribution in [2.75, 3.05) is 17.6 Å². The number of hydrogen-bond donors (Lipinski definition) is 2. The summed E-state index contributed by atoms with van der Waals surface area (Å²) in [5.41, 5.74) is 9.16. The molecule has 0 heterocycles. The van der Waals surface area contributed by atoms with Gasteiger partial charge in [0.05, 0.1) is 0 Å². The minimum Gasteiger partial charge on any atom is -0.399 e. The summed E-state index contributed by atoms with van der Waals surface area (Å²) in [4.78, 5) is 0. The Morgan fingerprint density at radius 3 is 2.42 bits per heavy atom. The van der Waals surface area contributed by atoms with Gasteiger partial charge in [0.15, 0.2) is 0 Å². The van der Waals surface area contributed by atoms with Crippen molar-refractivity contribution < 1.29 is 0 Å². The number of nitrogens with one attached hydrogen (secondary N) is 1. The average Bonchev–Trinajstić information content (AvgIpc) is 3.20. The molecule has 0 saturated heterocycles. The Labute approximate surface area is 223 Å². The molecule has 2 unspecified atom stereocenters. The minimum absolute atomic E-state index is 0.518. The molecule has 1 aromatic rings. The van der Waals surface area contributed by atoms with Crippen molar-refractivity contribution in [1.29, 1.82) is 0 Å². The smallest absolute Gasteiger partial charge is 0.0341 e. The van der Waals surface area contributed by atoms with Crippen LogP contribution in [0.3, 0.4) is 0 Å². The molecular formula is C34H56N2. The third kappa shape index (κ3) is 4.73. The molecule has 0 radical (unpaired) electrons. The second kappa shape index (κ2) is 10.5. The van der Waals surface area contributed by atoms with E-state index in [0.29, 0.717) is 10.8 Å². The molecule has 2 nitrogen and oxygen atoms in total. The van der Waals surface area contributed by atoms with Crippen LogP contribution in [0, 0.1) is 58.2 Å². The predicted octanol–water partition coefficient (Wildman–Crippen LogP) is 9.42. The molecule has 0 amide bonds. The maximum atomic E-state index is 5.94. The SMILES string of the molecule is CC(C)CCC[C@@H](C)[C@H]1CC[C@H]2[C@@H]3CCC4CCCC(CNc5ccc(N)cc5)[C@]4(C)[C@H]3CC[C@]12C. The van der Waals surface area contributed by atoms with Gasteiger partial charge in [-0.1, -0.05) is 60.3 Å². The highest BCUT2D eigenvalue weighted by molar-refractivity contribution is 5.51. The van der Waals surface area contributed by atoms with Gasteiger partial charge in [0.1, 0.15) is 0 Å². The zero-order chi connectivity index (χ0) is 25.5. The van der Waals surface area contributed by atoms with Gasteiger partial charge in [0, 0.05) is 17.9 Å². The zero-order valence-electron chi connectivity index (χ0n) is 24.2. The largest absolute Gasteiger partial charge is 0.399 e. The summed E-state index contributed by atoms with van der Waals surface area (Å²) in [5, 5.41) is 3.84. The highest BCUT2D eigenvalue weighted by Gasteiger charge is 2.61. The van der Waals surface area contributed by atoms with Crippen molar-refractivity contribution in [3.63, 3.8) is 0 Å². The normalized spacial score (nSPS) is 40.8. The van der Waals surface area contributed by atoms with E-state index in [1.165, 1.54) is 82.7 Å². The van der Waals surface area contributed by atoms with E-state index in [-0.39, 0.29) is 0 Å². The highest BCUT2D eigenvalue weighted by Crippen LogP contribution is 2.69. The molecule has 4 saturated carbocycles. The van der Waals surface area contributed by atoms with Gasteiger partial charge in [0.2, 0.25) is 0 Å². The first-order valence-electron chi connectivity index (χ1n) is 15.8. The first-order chi connectivity index (χ1) is 17.2. The van der Waals surface area contributed by atoms with E-state index in [1.807, 2.05) is 12.1 Å². The topological polar surface area (TPSA) is 38.0 Å². The van der Waals surface area contributed by atoms with E-state index in [0.717, 1.165) is 59.6 Å². The van der Waals surface area contributed by atoms with Crippen molar-refractivity contribution in [3.05, 3.63) is 24.3 Å². The van der Waals surface area contributed by atoms with Crippen molar-refractivity contribution in [3.8, 4) is 0 Å². The van der Waals surface area contributed by atoms with Crippen LogP contribution in [0.5, 0.6) is 0 Å². The van der Waals surface area contributed by atoms with Crippen LogP contribution in [0.1, 0.15) is 112 Å². The average molecular weight is 493 g/mol. The lowest BCUT2D eigenvalue weighted by atomic mass is 9.42. The maximum absolute atomic E-state index is 5.94. The standard InChI is InChI=1S/C34H56N2/c1-23(2)8-6-9-24(3)30-18-19-31-29-17-12-25-10-7-11-26(22-36-28-15-13-27(35)14-16-28)34(25,5)32(29)20-21-33(30,31)4/h13-16,23-26,29-32,36H,6-12,17-22,35H2,1-5H3/t24-,25?,26?,29+,30-,31+,32+,33-,34-/m1/s1. The number of nitrogen functional groups attached to an aromatic ring is 1. The summed E-state index contributed by atoms with van der Waals surface area (Å²) in [5.74, 6) is 7.40. The summed E-state index contributed by atoms with van der Waals surface area (Å²) in [6.07, 6.45) is 17.7. The van der Waals surface area contributed by atoms with Crippen LogP contribution in [-0.2, 0) is 0 Å². The van der Waals surface area contributed by atoms with Gasteiger partial charge in [-0.15, -0.1) is 0 Å². The molecule has 0 bridgehead atoms. The van der Waals surface area contributed by atoms with Crippen LogP contribution >= 0.6 is 0 Å². The Morgan fingerprint density at radius 1 is 0.889 bits per heavy atom. The summed E-state index contributed by atoms with van der Waals surface area (Å²) >= 11 is 0. The Bertz CT molecular complexity index is 860. The number of rotatable bonds is 8. The first kappa shape index (κ1) is 26.4. The summed E-state index contributed by atoms with van der Waals surface area (Å²) < 4.78 is 0. The first-order valence-corrected chi connectivity index (χ1v) is 15.8. The van der Waals surface area contributed by atoms with E-state index >= 15 is 0 Å². The monoisotopic (exact) mass is 492 g/mol. The fourth-order valence-electron chi connectivity index (χ4n) is 10.7. The molecule has 4 fully saturated rings. The van der Waals surface area contributed by atoms with E-state index in [9.17, 15) is 0 Å². The summed E-state index contributed by atoms with van der Waals surface area (Å²) in [6, 6.07) is 8.39. The molecule has 2 heteroatoms. The molecule has 4 aliphatic carbocycles. The minimum atomic E-state index is 0.518. The quantitative estimate of drug-likeness (QED) is 0.355. The molecule has 0 spiro atoms. The molecule has 5 rings (SSSR count). The molecule has 4 aliphatic rings. The van der Waals surface area contributed by atoms with Crippen molar-refractivity contribution >= 4 is 11.4 Å². The van der Waals surface area contributed by atoms with Crippen LogP contribution in [-0.4, -0.2) is 6.54 Å². The molecule has 0 aliphatic heterocycles. The van der Waals surface area contributed by atoms with Gasteiger partial charge in [0.25, 0.3) is 0 Å². The third-order valence-electron chi connectivity index (χ3n) is 12.6. The van der Waals surface area contributed by atoms with E-state index in [4.69, 9.17) is 5.73 Å². The van der Waals surface area contributed by atoms with Gasteiger partial charge in [-0.3, -0.25) is 0 Å². The molecule has 0 aromatic heterocycles. The Balaban J connectivity index is 1.30. The Kier molecular flexibility index (Phi) is 7.73. The van der Waals surface area contributed by atoms with Crippen molar-refractivity contribution in [2.45, 2.75) is 112 Å². The molecule has 9 atom stereocenters. The fraction of sp³-hybridized carbons (Fsp3) is 0.824. The lowest BCUT2D eigenvalue weighted by molar-refractivity contribution is -0.137. The van der Waals surface area contributed by atoms with Crippen molar-refractivity contribution in [2.24, 2.45) is 58.2 Å². The lowest BCUT2D eigenvalue weighted by Gasteiger charge is -2.63. The fourth-order valence-corrected chi connectivity index (χ4v) is 10.7. The molecule has 1 aromatic carbocycles. The van der Waals surface area contributed by atoms with Gasteiger partial charge in [-0.2, -0.15) is 0 Å². The van der Waals surface area contributed by atoms with Crippen LogP contribution in [0.15, 0.2) is 24.3 Å². The zero-order valence-corrected chi connectivity index (χ0v) is 24.2. The number of benzene rings is 1. The number of fused-ring (bicyclic) bond motifs is 5. The predicted molar refractivity (Wildman–Crippen MR) is 156 cm³/mol. The second-order valence-electron chi connectivity index (χ2n) is 14.7. The maximum Gasteiger partial charge on any atom is 0.0341 e. The van der Waals surface area contributed by atoms with Crippen LogP contribution in [0.2, 0.25) is 0 Å². The van der Waals surface area contributed by atoms with Gasteiger partial charge in [-0.05, 0) is 134 Å². The van der Waals surface area contributed by atoms with E-state index in [1.54, 1.807) is 0 Å². The van der Waals surface area contributed by atoms with Gasteiger partial charge >= 0.3 is 0 Å². The molecule has 202 valence electrons. The number of nitrogens with two attached hydrogens (primary N) is 1. The van der Waals surface area contributed by atoms with Gasteiger partial charge in [-0.25, -0.2) is 0 Å². The van der Waals surface area contributed by atoms with E-state index in [2.05, 4.69) is 52.1 Å². The lowest BCUT2D eigenvalue weighted by Crippen LogP contribution is -2.57. The highest BCUT2D eigenvalue weighted by atomic mass is 14.9. The molecular weight excluding hydrogens is 436 g/mol. The number of anilines is 2. The van der Waals surface area contributed by atoms with Gasteiger partial charge < -0.3 is 11.1 Å². The number of hydrogen-bond acceptors (Lipinski definition) is 2. The molecule has 36 heavy (non-hydrogen) atoms. The van der Waals surface area contributed by atoms with Crippen LogP contribution < -0.4 is 11.1 Å². The Hall–Kier alpha value is -1.18. The van der Waals surface area contributed by atoms with E-state index < -0.39 is 0 Å².